The maximum Gasteiger partial charge on any atom is 0.271 e. The van der Waals surface area contributed by atoms with Crippen molar-refractivity contribution in [3.05, 3.63) is 66.4 Å². The van der Waals surface area contributed by atoms with Crippen molar-refractivity contribution in [3.63, 3.8) is 0 Å². The number of rotatable bonds is 6. The van der Waals surface area contributed by atoms with Crippen molar-refractivity contribution in [2.75, 3.05) is 13.7 Å². The summed E-state index contributed by atoms with van der Waals surface area (Å²) in [5.74, 6) is 0.245. The number of fused-ring (bicyclic) bond motifs is 1. The van der Waals surface area contributed by atoms with Crippen LogP contribution in [-0.2, 0) is 10.0 Å². The second kappa shape index (κ2) is 8.24. The lowest BCUT2D eigenvalue weighted by Crippen LogP contribution is -2.12. The Kier molecular flexibility index (Phi) is 5.47. The Morgan fingerprint density at radius 3 is 2.56 bits per heavy atom. The zero-order valence-electron chi connectivity index (χ0n) is 17.3. The summed E-state index contributed by atoms with van der Waals surface area (Å²) >= 11 is 0. The molecule has 0 amide bonds. The van der Waals surface area contributed by atoms with E-state index in [2.05, 4.69) is 4.98 Å². The maximum atomic E-state index is 13.5. The van der Waals surface area contributed by atoms with Crippen molar-refractivity contribution in [1.29, 1.82) is 5.26 Å². The topological polar surface area (TPSA) is 114 Å². The van der Waals surface area contributed by atoms with Crippen molar-refractivity contribution in [2.45, 2.75) is 11.8 Å². The fourth-order valence-electron chi connectivity index (χ4n) is 3.51. The third-order valence-electron chi connectivity index (χ3n) is 4.95. The Hall–Kier alpha value is -4.03. The Balaban J connectivity index is 2.06. The predicted molar refractivity (Wildman–Crippen MR) is 118 cm³/mol. The second-order valence-electron chi connectivity index (χ2n) is 6.78. The van der Waals surface area contributed by atoms with Crippen molar-refractivity contribution in [1.82, 2.24) is 8.96 Å². The van der Waals surface area contributed by atoms with E-state index in [1.165, 1.54) is 49.6 Å². The van der Waals surface area contributed by atoms with Crippen LogP contribution in [0, 0.1) is 11.3 Å². The van der Waals surface area contributed by atoms with Crippen LogP contribution in [-0.4, -0.2) is 36.2 Å². The molecule has 2 aromatic carbocycles. The molecule has 2 aromatic heterocycles. The van der Waals surface area contributed by atoms with Gasteiger partial charge in [0.15, 0.2) is 0 Å². The van der Waals surface area contributed by atoms with Gasteiger partial charge in [0.25, 0.3) is 10.0 Å². The molecule has 0 spiro atoms. The molecule has 0 radical (unpaired) electrons. The van der Waals surface area contributed by atoms with Gasteiger partial charge < -0.3 is 14.6 Å². The lowest BCUT2D eigenvalue weighted by molar-refractivity contribution is 0.328. The van der Waals surface area contributed by atoms with Crippen molar-refractivity contribution in [2.24, 2.45) is 0 Å². The molecule has 0 aliphatic heterocycles. The van der Waals surface area contributed by atoms with Gasteiger partial charge >= 0.3 is 0 Å². The van der Waals surface area contributed by atoms with Crippen LogP contribution in [0.4, 0.5) is 0 Å². The summed E-state index contributed by atoms with van der Waals surface area (Å²) in [6.45, 7) is 2.13. The van der Waals surface area contributed by atoms with E-state index >= 15 is 0 Å². The van der Waals surface area contributed by atoms with Gasteiger partial charge in [0.1, 0.15) is 5.75 Å². The van der Waals surface area contributed by atoms with E-state index in [4.69, 9.17) is 9.47 Å². The molecule has 162 valence electrons. The minimum atomic E-state index is -4.19. The fourth-order valence-corrected chi connectivity index (χ4v) is 4.94. The molecule has 1 N–H and O–H groups in total. The number of ether oxygens (including phenoxy) is 2. The SMILES string of the molecule is CCOc1ncccc1-c1c(O)n(S(=O)(=O)c2ccc(OC)cc2)c2ccc(C#N)cc12. The summed E-state index contributed by atoms with van der Waals surface area (Å²) < 4.78 is 38.6. The molecule has 4 rings (SSSR count). The van der Waals surface area contributed by atoms with Crippen molar-refractivity contribution in [3.8, 4) is 34.7 Å². The highest BCUT2D eigenvalue weighted by atomic mass is 32.2. The third-order valence-corrected chi connectivity index (χ3v) is 6.67. The highest BCUT2D eigenvalue weighted by molar-refractivity contribution is 7.90. The number of benzene rings is 2. The van der Waals surface area contributed by atoms with Gasteiger partial charge in [0.05, 0.1) is 46.9 Å². The van der Waals surface area contributed by atoms with Gasteiger partial charge in [-0.2, -0.15) is 5.26 Å². The molecular weight excluding hydrogens is 430 g/mol. The van der Waals surface area contributed by atoms with Crippen molar-refractivity contribution >= 4 is 20.9 Å². The number of hydrogen-bond donors (Lipinski definition) is 1. The van der Waals surface area contributed by atoms with Crippen LogP contribution < -0.4 is 9.47 Å². The Bertz CT molecular complexity index is 1450. The number of pyridine rings is 1. The van der Waals surface area contributed by atoms with Gasteiger partial charge in [0.2, 0.25) is 11.8 Å². The Labute approximate surface area is 185 Å². The molecule has 0 atom stereocenters. The third kappa shape index (κ3) is 3.40. The molecule has 0 fully saturated rings. The first-order valence-electron chi connectivity index (χ1n) is 9.67. The monoisotopic (exact) mass is 449 g/mol. The zero-order valence-corrected chi connectivity index (χ0v) is 18.1. The minimum Gasteiger partial charge on any atom is -0.497 e. The number of aromatic hydroxyl groups is 1. The molecule has 0 bridgehead atoms. The van der Waals surface area contributed by atoms with E-state index < -0.39 is 15.9 Å². The summed E-state index contributed by atoms with van der Waals surface area (Å²) in [6.07, 6.45) is 1.54. The van der Waals surface area contributed by atoms with Crippen LogP contribution in [0.3, 0.4) is 0 Å². The van der Waals surface area contributed by atoms with E-state index in [1.807, 2.05) is 6.07 Å². The molecule has 0 saturated carbocycles. The van der Waals surface area contributed by atoms with Crippen LogP contribution in [0.25, 0.3) is 22.0 Å². The van der Waals surface area contributed by atoms with Gasteiger partial charge in [-0.05, 0) is 61.5 Å². The van der Waals surface area contributed by atoms with Crippen LogP contribution in [0.1, 0.15) is 12.5 Å². The maximum absolute atomic E-state index is 13.5. The number of hydrogen-bond acceptors (Lipinski definition) is 7. The molecule has 0 aliphatic rings. The van der Waals surface area contributed by atoms with Gasteiger partial charge in [0, 0.05) is 11.6 Å². The van der Waals surface area contributed by atoms with Gasteiger partial charge in [-0.3, -0.25) is 0 Å². The molecule has 0 saturated heterocycles. The highest BCUT2D eigenvalue weighted by Crippen LogP contribution is 2.44. The van der Waals surface area contributed by atoms with E-state index in [-0.39, 0.29) is 21.9 Å². The second-order valence-corrected chi connectivity index (χ2v) is 8.56. The quantitative estimate of drug-likeness (QED) is 0.474. The van der Waals surface area contributed by atoms with Crippen molar-refractivity contribution < 1.29 is 23.0 Å². The lowest BCUT2D eigenvalue weighted by atomic mass is 10.0. The predicted octanol–water partition coefficient (Wildman–Crippen LogP) is 3.92. The fraction of sp³-hybridized carbons (Fsp3) is 0.130. The van der Waals surface area contributed by atoms with Gasteiger partial charge in [-0.25, -0.2) is 17.4 Å². The van der Waals surface area contributed by atoms with Crippen LogP contribution in [0.5, 0.6) is 17.5 Å². The molecule has 0 aliphatic carbocycles. The lowest BCUT2D eigenvalue weighted by Gasteiger charge is -2.11. The summed E-state index contributed by atoms with van der Waals surface area (Å²) in [4.78, 5) is 4.18. The van der Waals surface area contributed by atoms with Crippen LogP contribution in [0.15, 0.2) is 65.7 Å². The average molecular weight is 449 g/mol. The highest BCUT2D eigenvalue weighted by Gasteiger charge is 2.29. The normalized spacial score (nSPS) is 11.3. The molecular formula is C23H19N3O5S. The number of nitriles is 1. The first kappa shape index (κ1) is 21.2. The average Bonchev–Trinajstić information content (AvgIpc) is 3.11. The standard InChI is InChI=1S/C23H19N3O5S/c1-3-31-22-18(5-4-12-25-22)21-19-13-15(14-24)6-11-20(19)26(23(21)27)32(28,29)17-9-7-16(30-2)8-10-17/h4-13,27H,3H2,1-2H3. The molecule has 32 heavy (non-hydrogen) atoms. The van der Waals surface area contributed by atoms with Crippen LogP contribution >= 0.6 is 0 Å². The van der Waals surface area contributed by atoms with Crippen LogP contribution in [0.2, 0.25) is 0 Å². The molecule has 0 unspecified atom stereocenters. The minimum absolute atomic E-state index is 0.0300. The molecule has 2 heterocycles. The number of methoxy groups -OCH3 is 1. The molecule has 8 nitrogen and oxygen atoms in total. The Morgan fingerprint density at radius 1 is 1.16 bits per heavy atom. The number of nitrogens with zero attached hydrogens (tertiary/aromatic N) is 3. The van der Waals surface area contributed by atoms with E-state index in [1.54, 1.807) is 25.3 Å². The zero-order chi connectivity index (χ0) is 22.9. The van der Waals surface area contributed by atoms with Gasteiger partial charge in [-0.15, -0.1) is 0 Å². The Morgan fingerprint density at radius 2 is 1.91 bits per heavy atom. The van der Waals surface area contributed by atoms with E-state index in [0.717, 1.165) is 3.97 Å². The molecule has 9 heteroatoms. The smallest absolute Gasteiger partial charge is 0.271 e. The summed E-state index contributed by atoms with van der Waals surface area (Å²) in [5.41, 5.74) is 1.17. The summed E-state index contributed by atoms with van der Waals surface area (Å²) in [6, 6.07) is 15.8. The first-order chi connectivity index (χ1) is 15.4. The first-order valence-corrected chi connectivity index (χ1v) is 11.1. The molecule has 4 aromatic rings. The van der Waals surface area contributed by atoms with E-state index in [9.17, 15) is 18.8 Å². The van der Waals surface area contributed by atoms with E-state index in [0.29, 0.717) is 28.9 Å². The number of aromatic nitrogens is 2. The largest absolute Gasteiger partial charge is 0.497 e. The van der Waals surface area contributed by atoms with Gasteiger partial charge in [-0.1, -0.05) is 0 Å². The summed E-state index contributed by atoms with van der Waals surface area (Å²) in [5, 5.41) is 21.0. The summed E-state index contributed by atoms with van der Waals surface area (Å²) in [7, 11) is -2.70.